The monoisotopic (exact) mass is 587 g/mol. The van der Waals surface area contributed by atoms with Gasteiger partial charge in [0.25, 0.3) is 0 Å². The van der Waals surface area contributed by atoms with Crippen molar-refractivity contribution in [2.75, 3.05) is 19.7 Å². The molecule has 4 aromatic carbocycles. The average Bonchev–Trinajstić information content (AvgIpc) is 3.86. The highest BCUT2D eigenvalue weighted by molar-refractivity contribution is 5.92. The number of nitrogens with one attached hydrogen (secondary N) is 2. The molecular formula is C37H37N3O4. The largest absolute Gasteiger partial charge is 0.460 e. The van der Waals surface area contributed by atoms with E-state index in [2.05, 4.69) is 71.5 Å². The second-order valence-corrected chi connectivity index (χ2v) is 10.9. The highest BCUT2D eigenvalue weighted by Crippen LogP contribution is 2.48. The van der Waals surface area contributed by atoms with Gasteiger partial charge in [-0.3, -0.25) is 19.3 Å². The van der Waals surface area contributed by atoms with Gasteiger partial charge in [-0.1, -0.05) is 133 Å². The Morgan fingerprint density at radius 3 is 2.07 bits per heavy atom. The van der Waals surface area contributed by atoms with Crippen LogP contribution in [0.3, 0.4) is 0 Å². The highest BCUT2D eigenvalue weighted by Gasteiger charge is 2.56. The summed E-state index contributed by atoms with van der Waals surface area (Å²) in [4.78, 5) is 41.5. The number of carbonyl (C=O) groups is 3. The van der Waals surface area contributed by atoms with Crippen molar-refractivity contribution in [3.05, 3.63) is 156 Å². The topological polar surface area (TPSA) is 87.5 Å². The van der Waals surface area contributed by atoms with Crippen LogP contribution in [-0.4, -0.2) is 54.5 Å². The van der Waals surface area contributed by atoms with Crippen molar-refractivity contribution in [1.29, 1.82) is 0 Å². The Kier molecular flexibility index (Phi) is 9.67. The third-order valence-electron chi connectivity index (χ3n) is 7.85. The molecule has 2 amide bonds. The van der Waals surface area contributed by atoms with Gasteiger partial charge in [-0.05, 0) is 29.2 Å². The number of amides is 2. The molecular weight excluding hydrogens is 550 g/mol. The van der Waals surface area contributed by atoms with E-state index in [-0.39, 0.29) is 25.5 Å². The molecule has 7 heteroatoms. The van der Waals surface area contributed by atoms with Crippen LogP contribution in [0, 0.1) is 6.92 Å². The Balaban J connectivity index is 1.45. The lowest BCUT2D eigenvalue weighted by molar-refractivity contribution is -0.143. The minimum atomic E-state index is -0.888. The number of rotatable bonds is 13. The molecule has 0 bridgehead atoms. The van der Waals surface area contributed by atoms with Crippen LogP contribution in [-0.2, 0) is 31.1 Å². The number of ether oxygens (including phenoxy) is 1. The zero-order valence-electron chi connectivity index (χ0n) is 24.8. The van der Waals surface area contributed by atoms with Crippen molar-refractivity contribution in [2.24, 2.45) is 0 Å². The summed E-state index contributed by atoms with van der Waals surface area (Å²) in [6.07, 6.45) is 1.73. The summed E-state index contributed by atoms with van der Waals surface area (Å²) >= 11 is 0. The Morgan fingerprint density at radius 1 is 0.886 bits per heavy atom. The average molecular weight is 588 g/mol. The molecule has 1 saturated heterocycles. The number of benzene rings is 4. The molecule has 7 nitrogen and oxygen atoms in total. The molecule has 1 unspecified atom stereocenters. The quantitative estimate of drug-likeness (QED) is 0.104. The molecule has 44 heavy (non-hydrogen) atoms. The summed E-state index contributed by atoms with van der Waals surface area (Å²) in [6.45, 7) is 5.84. The smallest absolute Gasteiger partial charge is 0.325 e. The lowest BCUT2D eigenvalue weighted by Crippen LogP contribution is -2.51. The van der Waals surface area contributed by atoms with Gasteiger partial charge < -0.3 is 15.4 Å². The SMILES string of the molecule is C=CCOC(=O)CNC(=O)[C@H](Cc1ccccc1)NC(=O)[C@@H]1CN1C(c1ccccc1)(c1ccccc1)c1cccc(C)c1. The standard InChI is InChI=1S/C37H37N3O4/c1-3-22-44-34(41)25-38-35(42)32(24-28-15-7-4-8-16-28)39-36(43)33-26-40(33)37(29-17-9-5-10-18-29,30-19-11-6-12-20-30)31-21-13-14-27(2)23-31/h3-21,23,32-33H,1,22,24-26H2,2H3,(H,38,42)(H,39,43)/t32-,33-,40?/m0/s1. The first-order chi connectivity index (χ1) is 21.4. The molecule has 1 aliphatic rings. The van der Waals surface area contributed by atoms with Gasteiger partial charge in [0.2, 0.25) is 11.8 Å². The number of hydrogen-bond acceptors (Lipinski definition) is 5. The number of esters is 1. The molecule has 0 radical (unpaired) electrons. The third-order valence-corrected chi connectivity index (χ3v) is 7.85. The predicted octanol–water partition coefficient (Wildman–Crippen LogP) is 4.54. The molecule has 0 aromatic heterocycles. The summed E-state index contributed by atoms with van der Waals surface area (Å²) in [5.74, 6) is -1.29. The van der Waals surface area contributed by atoms with E-state index in [1.165, 1.54) is 6.08 Å². The van der Waals surface area contributed by atoms with E-state index in [0.717, 1.165) is 27.8 Å². The van der Waals surface area contributed by atoms with Crippen LogP contribution < -0.4 is 10.6 Å². The maximum absolute atomic E-state index is 14.0. The summed E-state index contributed by atoms with van der Waals surface area (Å²) in [5.41, 5.74) is 4.42. The molecule has 1 heterocycles. The summed E-state index contributed by atoms with van der Waals surface area (Å²) in [5, 5.41) is 5.63. The lowest BCUT2D eigenvalue weighted by Gasteiger charge is -2.38. The van der Waals surface area contributed by atoms with Crippen molar-refractivity contribution in [1.82, 2.24) is 15.5 Å². The van der Waals surface area contributed by atoms with Crippen molar-refractivity contribution in [2.45, 2.75) is 31.0 Å². The minimum absolute atomic E-state index is 0.0575. The maximum atomic E-state index is 14.0. The van der Waals surface area contributed by atoms with E-state index in [0.29, 0.717) is 6.54 Å². The first-order valence-corrected chi connectivity index (χ1v) is 14.8. The fraction of sp³-hybridized carbons (Fsp3) is 0.216. The van der Waals surface area contributed by atoms with Gasteiger partial charge >= 0.3 is 5.97 Å². The number of hydrogen-bond donors (Lipinski definition) is 2. The molecule has 1 aliphatic heterocycles. The van der Waals surface area contributed by atoms with Crippen LogP contribution in [0.1, 0.15) is 27.8 Å². The maximum Gasteiger partial charge on any atom is 0.325 e. The molecule has 0 aliphatic carbocycles. The highest BCUT2D eigenvalue weighted by atomic mass is 16.5. The summed E-state index contributed by atoms with van der Waals surface area (Å²) in [7, 11) is 0. The molecule has 2 N–H and O–H groups in total. The van der Waals surface area contributed by atoms with Crippen molar-refractivity contribution in [3.8, 4) is 0 Å². The van der Waals surface area contributed by atoms with Gasteiger partial charge in [-0.2, -0.15) is 0 Å². The Labute approximate surface area is 258 Å². The molecule has 0 saturated carbocycles. The normalized spacial score (nSPS) is 16.3. The first-order valence-electron chi connectivity index (χ1n) is 14.8. The van der Waals surface area contributed by atoms with Crippen LogP contribution in [0.15, 0.2) is 128 Å². The van der Waals surface area contributed by atoms with Gasteiger partial charge in [0.1, 0.15) is 25.2 Å². The number of nitrogens with zero attached hydrogens (tertiary/aromatic N) is 1. The summed E-state index contributed by atoms with van der Waals surface area (Å²) < 4.78 is 4.99. The molecule has 3 atom stereocenters. The van der Waals surface area contributed by atoms with Gasteiger partial charge in [0.15, 0.2) is 0 Å². The van der Waals surface area contributed by atoms with Gasteiger partial charge in [0.05, 0.1) is 5.54 Å². The van der Waals surface area contributed by atoms with E-state index < -0.39 is 29.5 Å². The zero-order chi connectivity index (χ0) is 30.9. The summed E-state index contributed by atoms with van der Waals surface area (Å²) in [6, 6.07) is 36.9. The Hall–Kier alpha value is -5.01. The van der Waals surface area contributed by atoms with Crippen LogP contribution in [0.2, 0.25) is 0 Å². The van der Waals surface area contributed by atoms with Crippen LogP contribution in [0.4, 0.5) is 0 Å². The molecule has 224 valence electrons. The van der Waals surface area contributed by atoms with E-state index in [9.17, 15) is 14.4 Å². The van der Waals surface area contributed by atoms with E-state index in [4.69, 9.17) is 4.74 Å². The number of aryl methyl sites for hydroxylation is 1. The zero-order valence-corrected chi connectivity index (χ0v) is 24.8. The second kappa shape index (κ2) is 14.0. The third kappa shape index (κ3) is 6.79. The fourth-order valence-corrected chi connectivity index (χ4v) is 5.77. The first kappa shape index (κ1) is 30.4. The Bertz CT molecular complexity index is 1550. The van der Waals surface area contributed by atoms with E-state index in [1.54, 1.807) is 0 Å². The Morgan fingerprint density at radius 2 is 1.48 bits per heavy atom. The van der Waals surface area contributed by atoms with E-state index in [1.807, 2.05) is 72.8 Å². The van der Waals surface area contributed by atoms with Crippen LogP contribution >= 0.6 is 0 Å². The van der Waals surface area contributed by atoms with Gasteiger partial charge in [-0.15, -0.1) is 0 Å². The predicted molar refractivity (Wildman–Crippen MR) is 171 cm³/mol. The molecule has 0 spiro atoms. The van der Waals surface area contributed by atoms with Crippen LogP contribution in [0.25, 0.3) is 0 Å². The second-order valence-electron chi connectivity index (χ2n) is 10.9. The minimum Gasteiger partial charge on any atom is -0.460 e. The van der Waals surface area contributed by atoms with Gasteiger partial charge in [0, 0.05) is 13.0 Å². The fourth-order valence-electron chi connectivity index (χ4n) is 5.77. The van der Waals surface area contributed by atoms with Crippen molar-refractivity contribution < 1.29 is 19.1 Å². The van der Waals surface area contributed by atoms with Crippen LogP contribution in [0.5, 0.6) is 0 Å². The van der Waals surface area contributed by atoms with Crippen molar-refractivity contribution in [3.63, 3.8) is 0 Å². The van der Waals surface area contributed by atoms with Gasteiger partial charge in [-0.25, -0.2) is 0 Å². The molecule has 4 aromatic rings. The van der Waals surface area contributed by atoms with Crippen molar-refractivity contribution >= 4 is 17.8 Å². The lowest BCUT2D eigenvalue weighted by atomic mass is 9.76. The molecule has 5 rings (SSSR count). The molecule has 1 fully saturated rings. The van der Waals surface area contributed by atoms with E-state index >= 15 is 0 Å². The number of carbonyl (C=O) groups excluding carboxylic acids is 3.